The fourth-order valence-corrected chi connectivity index (χ4v) is 5.04. The Labute approximate surface area is 160 Å². The molecule has 1 fully saturated rings. The van der Waals surface area contributed by atoms with Crippen molar-refractivity contribution in [2.75, 3.05) is 19.6 Å². The molecule has 2 aromatic carbocycles. The molecule has 0 bridgehead atoms. The summed E-state index contributed by atoms with van der Waals surface area (Å²) in [6.07, 6.45) is 0.935. The Balaban J connectivity index is 2.00. The smallest absolute Gasteiger partial charge is 0.249 e. The number of rotatable bonds is 5. The summed E-state index contributed by atoms with van der Waals surface area (Å²) in [6.45, 7) is 5.31. The van der Waals surface area contributed by atoms with E-state index >= 15 is 0 Å². The van der Waals surface area contributed by atoms with Crippen molar-refractivity contribution < 1.29 is 13.2 Å². The van der Waals surface area contributed by atoms with Crippen LogP contribution in [-0.4, -0.2) is 38.3 Å². The number of nitrogens with zero attached hydrogens (tertiary/aromatic N) is 1. The van der Waals surface area contributed by atoms with Crippen LogP contribution in [0.2, 0.25) is 0 Å². The van der Waals surface area contributed by atoms with Crippen LogP contribution in [0.5, 0.6) is 0 Å². The van der Waals surface area contributed by atoms with Crippen molar-refractivity contribution in [1.29, 1.82) is 0 Å². The molecule has 1 aliphatic rings. The molecule has 1 saturated heterocycles. The lowest BCUT2D eigenvalue weighted by molar-refractivity contribution is 0.0999. The summed E-state index contributed by atoms with van der Waals surface area (Å²) in [5.41, 5.74) is 8.44. The molecule has 144 valence electrons. The maximum absolute atomic E-state index is 13.3. The molecule has 1 heterocycles. The number of hydrogen-bond acceptors (Lipinski definition) is 4. The zero-order valence-corrected chi connectivity index (χ0v) is 16.4. The summed E-state index contributed by atoms with van der Waals surface area (Å²) in [6, 6.07) is 12.3. The van der Waals surface area contributed by atoms with Crippen molar-refractivity contribution in [3.05, 3.63) is 64.7 Å². The standard InChI is InChI=1S/C20H25N3O3S/c1-3-15-5-7-16(8-6-15)19-13-22-10-11-23(19)27(25,26)17-9-4-14(2)18(12-17)20(21)24/h4-9,12,19,22H,3,10-11,13H2,1-2H3,(H2,21,24). The summed E-state index contributed by atoms with van der Waals surface area (Å²) in [5.74, 6) is -0.628. The highest BCUT2D eigenvalue weighted by Crippen LogP contribution is 2.30. The van der Waals surface area contributed by atoms with Crippen LogP contribution in [0.4, 0.5) is 0 Å². The molecule has 1 unspecified atom stereocenters. The van der Waals surface area contributed by atoms with Crippen molar-refractivity contribution >= 4 is 15.9 Å². The minimum absolute atomic E-state index is 0.0963. The first-order valence-corrected chi connectivity index (χ1v) is 10.5. The normalized spacial score (nSPS) is 18.4. The highest BCUT2D eigenvalue weighted by atomic mass is 32.2. The van der Waals surface area contributed by atoms with Gasteiger partial charge in [0.25, 0.3) is 0 Å². The van der Waals surface area contributed by atoms with Crippen molar-refractivity contribution in [2.45, 2.75) is 31.2 Å². The van der Waals surface area contributed by atoms with E-state index in [4.69, 9.17) is 5.73 Å². The zero-order valence-electron chi connectivity index (χ0n) is 15.6. The third-order valence-electron chi connectivity index (χ3n) is 5.05. The Kier molecular flexibility index (Phi) is 5.64. The van der Waals surface area contributed by atoms with E-state index in [1.54, 1.807) is 13.0 Å². The highest BCUT2D eigenvalue weighted by molar-refractivity contribution is 7.89. The van der Waals surface area contributed by atoms with Crippen molar-refractivity contribution in [2.24, 2.45) is 5.73 Å². The molecule has 0 radical (unpaired) electrons. The number of hydrogen-bond donors (Lipinski definition) is 2. The van der Waals surface area contributed by atoms with Crippen LogP contribution in [0, 0.1) is 6.92 Å². The van der Waals surface area contributed by atoms with Crippen molar-refractivity contribution in [3.63, 3.8) is 0 Å². The van der Waals surface area contributed by atoms with Crippen LogP contribution >= 0.6 is 0 Å². The number of piperazine rings is 1. The lowest BCUT2D eigenvalue weighted by Crippen LogP contribution is -2.48. The average molecular weight is 388 g/mol. The quantitative estimate of drug-likeness (QED) is 0.821. The maximum Gasteiger partial charge on any atom is 0.249 e. The van der Waals surface area contributed by atoms with Crippen molar-refractivity contribution in [1.82, 2.24) is 9.62 Å². The van der Waals surface area contributed by atoms with Crippen LogP contribution in [0.1, 0.15) is 40.0 Å². The van der Waals surface area contributed by atoms with Gasteiger partial charge in [0.15, 0.2) is 0 Å². The van der Waals surface area contributed by atoms with Gasteiger partial charge in [-0.3, -0.25) is 4.79 Å². The predicted octanol–water partition coefficient (Wildman–Crippen LogP) is 1.99. The summed E-state index contributed by atoms with van der Waals surface area (Å²) >= 11 is 0. The van der Waals surface area contributed by atoms with Gasteiger partial charge in [-0.25, -0.2) is 8.42 Å². The maximum atomic E-state index is 13.3. The summed E-state index contributed by atoms with van der Waals surface area (Å²) in [5, 5.41) is 3.27. The number of nitrogens with one attached hydrogen (secondary N) is 1. The zero-order chi connectivity index (χ0) is 19.6. The Bertz CT molecular complexity index is 939. The van der Waals surface area contributed by atoms with E-state index in [1.807, 2.05) is 24.3 Å². The number of carbonyl (C=O) groups is 1. The Hall–Kier alpha value is -2.22. The largest absolute Gasteiger partial charge is 0.366 e. The second-order valence-corrected chi connectivity index (χ2v) is 8.66. The van der Waals surface area contributed by atoms with Crippen molar-refractivity contribution in [3.8, 4) is 0 Å². The first-order valence-electron chi connectivity index (χ1n) is 9.06. The third-order valence-corrected chi connectivity index (χ3v) is 6.95. The Morgan fingerprint density at radius 2 is 1.93 bits per heavy atom. The molecule has 0 aromatic heterocycles. The molecule has 3 N–H and O–H groups in total. The fraction of sp³-hybridized carbons (Fsp3) is 0.350. The topological polar surface area (TPSA) is 92.5 Å². The first kappa shape index (κ1) is 19.5. The van der Waals surface area contributed by atoms with E-state index in [-0.39, 0.29) is 16.5 Å². The van der Waals surface area contributed by atoms with Gasteiger partial charge < -0.3 is 11.1 Å². The lowest BCUT2D eigenvalue weighted by Gasteiger charge is -2.35. The van der Waals surface area contributed by atoms with Crippen LogP contribution in [0.25, 0.3) is 0 Å². The monoisotopic (exact) mass is 387 g/mol. The van der Waals surface area contributed by atoms with Gasteiger partial charge in [-0.05, 0) is 42.2 Å². The number of nitrogens with two attached hydrogens (primary N) is 1. The second-order valence-electron chi connectivity index (χ2n) is 6.77. The molecular weight excluding hydrogens is 362 g/mol. The summed E-state index contributed by atoms with van der Waals surface area (Å²) in [7, 11) is -3.76. The van der Waals surface area contributed by atoms with Gasteiger partial charge in [-0.2, -0.15) is 4.31 Å². The minimum atomic E-state index is -3.76. The molecule has 0 aliphatic carbocycles. The Morgan fingerprint density at radius 1 is 1.22 bits per heavy atom. The molecule has 0 saturated carbocycles. The van der Waals surface area contributed by atoms with Crippen LogP contribution in [0.15, 0.2) is 47.4 Å². The molecule has 1 aliphatic heterocycles. The molecule has 7 heteroatoms. The van der Waals surface area contributed by atoms with Gasteiger partial charge in [0.05, 0.1) is 10.9 Å². The molecule has 6 nitrogen and oxygen atoms in total. The summed E-state index contributed by atoms with van der Waals surface area (Å²) in [4.78, 5) is 11.7. The SMILES string of the molecule is CCc1ccc(C2CNCCN2S(=O)(=O)c2ccc(C)c(C(N)=O)c2)cc1. The van der Waals surface area contributed by atoms with E-state index in [2.05, 4.69) is 12.2 Å². The molecule has 27 heavy (non-hydrogen) atoms. The van der Waals surface area contributed by atoms with Gasteiger partial charge >= 0.3 is 0 Å². The average Bonchev–Trinajstić information content (AvgIpc) is 2.68. The van der Waals surface area contributed by atoms with Crippen LogP contribution in [-0.2, 0) is 16.4 Å². The molecular formula is C20H25N3O3S. The number of amides is 1. The number of aryl methyl sites for hydroxylation is 2. The molecule has 0 spiro atoms. The highest BCUT2D eigenvalue weighted by Gasteiger charge is 2.34. The second kappa shape index (κ2) is 7.80. The number of benzene rings is 2. The number of sulfonamides is 1. The lowest BCUT2D eigenvalue weighted by atomic mass is 10.0. The van der Waals surface area contributed by atoms with E-state index in [9.17, 15) is 13.2 Å². The third kappa shape index (κ3) is 3.90. The first-order chi connectivity index (χ1) is 12.8. The number of primary amides is 1. The molecule has 1 atom stereocenters. The minimum Gasteiger partial charge on any atom is -0.366 e. The van der Waals surface area contributed by atoms with Gasteiger partial charge in [-0.1, -0.05) is 37.3 Å². The molecule has 2 aromatic rings. The van der Waals surface area contributed by atoms with E-state index in [0.717, 1.165) is 12.0 Å². The fourth-order valence-electron chi connectivity index (χ4n) is 3.40. The van der Waals surface area contributed by atoms with Crippen LogP contribution in [0.3, 0.4) is 0 Å². The van der Waals surface area contributed by atoms with Gasteiger partial charge in [0, 0.05) is 25.2 Å². The predicted molar refractivity (Wildman–Crippen MR) is 105 cm³/mol. The van der Waals surface area contributed by atoms with Crippen LogP contribution < -0.4 is 11.1 Å². The van der Waals surface area contributed by atoms with Gasteiger partial charge in [0.2, 0.25) is 15.9 Å². The van der Waals surface area contributed by atoms with Gasteiger partial charge in [-0.15, -0.1) is 0 Å². The Morgan fingerprint density at radius 3 is 2.56 bits per heavy atom. The molecule has 3 rings (SSSR count). The van der Waals surface area contributed by atoms with E-state index in [0.29, 0.717) is 25.2 Å². The number of carbonyl (C=O) groups excluding carboxylic acids is 1. The summed E-state index contributed by atoms with van der Waals surface area (Å²) < 4.78 is 28.2. The van der Waals surface area contributed by atoms with Gasteiger partial charge in [0.1, 0.15) is 0 Å². The van der Waals surface area contributed by atoms with E-state index < -0.39 is 15.9 Å². The van der Waals surface area contributed by atoms with E-state index in [1.165, 1.54) is 22.0 Å². The molecule has 1 amide bonds.